The van der Waals surface area contributed by atoms with Gasteiger partial charge in [0.15, 0.2) is 0 Å². The average Bonchev–Trinajstić information content (AvgIpc) is 3.08. The van der Waals surface area contributed by atoms with E-state index in [9.17, 15) is 30.0 Å². The van der Waals surface area contributed by atoms with Crippen molar-refractivity contribution in [1.82, 2.24) is 19.8 Å². The number of rotatable bonds is 17. The zero-order valence-electron chi connectivity index (χ0n) is 26.8. The van der Waals surface area contributed by atoms with E-state index in [1.165, 1.54) is 0 Å². The van der Waals surface area contributed by atoms with Crippen LogP contribution >= 0.6 is 11.6 Å². The van der Waals surface area contributed by atoms with Crippen molar-refractivity contribution in [3.63, 3.8) is 0 Å². The minimum atomic E-state index is -0.436. The quantitative estimate of drug-likeness (QED) is 0.0976. The van der Waals surface area contributed by atoms with Gasteiger partial charge in [-0.1, -0.05) is 48.0 Å². The Kier molecular flexibility index (Phi) is 14.0. The van der Waals surface area contributed by atoms with E-state index in [1.807, 2.05) is 28.9 Å². The summed E-state index contributed by atoms with van der Waals surface area (Å²) in [5, 5.41) is 43.1. The standard InChI is InChI=1S/C35H41ClN6O6/c1-24-27(4-2-6-29(24)39-34(47)31-10-8-25(20-37-31)22-41(12-16-43)13-17-44)28-5-3-7-30(33(28)36)40-35(48)32-11-9-26(21-38-32)23-42(14-18-45)15-19-46/h2-11,20-21,43-46H,12-19,22-23H2,1H3,(H,39,47)(H,40,48). The number of halogens is 1. The van der Waals surface area contributed by atoms with Gasteiger partial charge in [0.2, 0.25) is 0 Å². The number of carbonyl (C=O) groups excluding carboxylic acids is 2. The molecule has 0 unspecified atom stereocenters. The van der Waals surface area contributed by atoms with Gasteiger partial charge in [-0.25, -0.2) is 0 Å². The molecule has 0 fully saturated rings. The molecule has 254 valence electrons. The van der Waals surface area contributed by atoms with Crippen molar-refractivity contribution in [1.29, 1.82) is 0 Å². The first-order valence-corrected chi connectivity index (χ1v) is 15.9. The lowest BCUT2D eigenvalue weighted by Crippen LogP contribution is -2.29. The summed E-state index contributed by atoms with van der Waals surface area (Å²) in [4.78, 5) is 38.6. The molecule has 2 amide bonds. The number of carbonyl (C=O) groups is 2. The van der Waals surface area contributed by atoms with Crippen LogP contribution in [0.5, 0.6) is 0 Å². The van der Waals surface area contributed by atoms with Crippen LogP contribution in [0.4, 0.5) is 11.4 Å². The van der Waals surface area contributed by atoms with Crippen molar-refractivity contribution in [2.45, 2.75) is 20.0 Å². The van der Waals surface area contributed by atoms with Gasteiger partial charge in [-0.3, -0.25) is 29.4 Å². The van der Waals surface area contributed by atoms with Gasteiger partial charge < -0.3 is 31.1 Å². The molecule has 0 bridgehead atoms. The van der Waals surface area contributed by atoms with Gasteiger partial charge in [-0.15, -0.1) is 0 Å². The largest absolute Gasteiger partial charge is 0.395 e. The summed E-state index contributed by atoms with van der Waals surface area (Å²) in [5.74, 6) is -0.821. The van der Waals surface area contributed by atoms with E-state index in [4.69, 9.17) is 11.6 Å². The van der Waals surface area contributed by atoms with E-state index in [1.54, 1.807) is 60.9 Å². The van der Waals surface area contributed by atoms with Crippen molar-refractivity contribution in [2.75, 3.05) is 63.2 Å². The third kappa shape index (κ3) is 9.87. The number of aliphatic hydroxyl groups is 4. The highest BCUT2D eigenvalue weighted by Crippen LogP contribution is 2.37. The number of hydrogen-bond donors (Lipinski definition) is 6. The first kappa shape index (κ1) is 36.6. The number of nitrogens with zero attached hydrogens (tertiary/aromatic N) is 4. The van der Waals surface area contributed by atoms with Crippen molar-refractivity contribution in [3.8, 4) is 11.1 Å². The molecular weight excluding hydrogens is 636 g/mol. The molecule has 0 radical (unpaired) electrons. The van der Waals surface area contributed by atoms with Gasteiger partial charge >= 0.3 is 0 Å². The molecule has 0 atom stereocenters. The lowest BCUT2D eigenvalue weighted by Gasteiger charge is -2.20. The summed E-state index contributed by atoms with van der Waals surface area (Å²) in [6.07, 6.45) is 3.20. The Balaban J connectivity index is 1.45. The first-order valence-electron chi connectivity index (χ1n) is 15.6. The van der Waals surface area contributed by atoms with Gasteiger partial charge in [-0.05, 0) is 53.4 Å². The fourth-order valence-corrected chi connectivity index (χ4v) is 5.47. The van der Waals surface area contributed by atoms with Crippen molar-refractivity contribution >= 4 is 34.8 Å². The lowest BCUT2D eigenvalue weighted by molar-refractivity contribution is 0.101. The number of pyridine rings is 2. The molecule has 2 heterocycles. The highest BCUT2D eigenvalue weighted by molar-refractivity contribution is 6.36. The summed E-state index contributed by atoms with van der Waals surface area (Å²) in [7, 11) is 0. The van der Waals surface area contributed by atoms with E-state index >= 15 is 0 Å². The summed E-state index contributed by atoms with van der Waals surface area (Å²) < 4.78 is 0. The number of amides is 2. The summed E-state index contributed by atoms with van der Waals surface area (Å²) in [6, 6.07) is 17.6. The smallest absolute Gasteiger partial charge is 0.274 e. The third-order valence-corrected chi connectivity index (χ3v) is 8.12. The van der Waals surface area contributed by atoms with Gasteiger partial charge in [0.05, 0.1) is 37.1 Å². The molecule has 2 aromatic heterocycles. The molecular formula is C35H41ClN6O6. The highest BCUT2D eigenvalue weighted by atomic mass is 35.5. The molecule has 4 rings (SSSR count). The average molecular weight is 677 g/mol. The molecule has 0 spiro atoms. The fraction of sp³-hybridized carbons (Fsp3) is 0.314. The Morgan fingerprint density at radius 3 is 1.52 bits per heavy atom. The van der Waals surface area contributed by atoms with Crippen LogP contribution in [0.15, 0.2) is 73.1 Å². The summed E-state index contributed by atoms with van der Waals surface area (Å²) in [6.45, 7) is 4.38. The number of aliphatic hydroxyl groups excluding tert-OH is 4. The minimum Gasteiger partial charge on any atom is -0.395 e. The Morgan fingerprint density at radius 1 is 0.646 bits per heavy atom. The second-order valence-corrected chi connectivity index (χ2v) is 11.5. The molecule has 6 N–H and O–H groups in total. The fourth-order valence-electron chi connectivity index (χ4n) is 5.20. The second kappa shape index (κ2) is 18.3. The van der Waals surface area contributed by atoms with Gasteiger partial charge in [0, 0.05) is 62.9 Å². The van der Waals surface area contributed by atoms with E-state index in [0.29, 0.717) is 61.2 Å². The zero-order chi connectivity index (χ0) is 34.5. The zero-order valence-corrected chi connectivity index (χ0v) is 27.5. The van der Waals surface area contributed by atoms with Crippen LogP contribution in [0, 0.1) is 6.92 Å². The van der Waals surface area contributed by atoms with E-state index in [0.717, 1.165) is 22.3 Å². The molecule has 0 saturated carbocycles. The molecule has 0 saturated heterocycles. The van der Waals surface area contributed by atoms with Crippen LogP contribution in [0.2, 0.25) is 5.02 Å². The second-order valence-electron chi connectivity index (χ2n) is 11.1. The summed E-state index contributed by atoms with van der Waals surface area (Å²) in [5.41, 5.74) is 5.29. The Bertz CT molecular complexity index is 1520. The highest BCUT2D eigenvalue weighted by Gasteiger charge is 2.17. The SMILES string of the molecule is Cc1c(NC(=O)c2ccc(CN(CCO)CCO)cn2)cccc1-c1cccc(NC(=O)c2ccc(CN(CCO)CCO)cn2)c1Cl. The lowest BCUT2D eigenvalue weighted by atomic mass is 9.98. The Morgan fingerprint density at radius 2 is 1.08 bits per heavy atom. The molecule has 48 heavy (non-hydrogen) atoms. The molecule has 0 aliphatic carbocycles. The summed E-state index contributed by atoms with van der Waals surface area (Å²) >= 11 is 6.82. The number of hydrogen-bond acceptors (Lipinski definition) is 10. The molecule has 13 heteroatoms. The predicted molar refractivity (Wildman–Crippen MR) is 185 cm³/mol. The van der Waals surface area contributed by atoms with Crippen molar-refractivity contribution in [3.05, 3.63) is 106 Å². The van der Waals surface area contributed by atoms with Crippen molar-refractivity contribution < 1.29 is 30.0 Å². The van der Waals surface area contributed by atoms with Crippen LogP contribution in [0.25, 0.3) is 11.1 Å². The van der Waals surface area contributed by atoms with Crippen molar-refractivity contribution in [2.24, 2.45) is 0 Å². The van der Waals surface area contributed by atoms with Crippen LogP contribution in [-0.4, -0.2) is 105 Å². The predicted octanol–water partition coefficient (Wildman–Crippen LogP) is 3.18. The number of nitrogens with one attached hydrogen (secondary N) is 2. The Labute approximate surface area is 284 Å². The van der Waals surface area contributed by atoms with E-state index < -0.39 is 5.91 Å². The van der Waals surface area contributed by atoms with Crippen LogP contribution < -0.4 is 10.6 Å². The number of aromatic nitrogens is 2. The van der Waals surface area contributed by atoms with E-state index in [2.05, 4.69) is 20.6 Å². The molecule has 0 aliphatic heterocycles. The maximum atomic E-state index is 13.1. The monoisotopic (exact) mass is 676 g/mol. The molecule has 4 aromatic rings. The van der Waals surface area contributed by atoms with Gasteiger partial charge in [0.1, 0.15) is 11.4 Å². The third-order valence-electron chi connectivity index (χ3n) is 7.71. The minimum absolute atomic E-state index is 0.0248. The van der Waals surface area contributed by atoms with Crippen LogP contribution in [0.1, 0.15) is 37.7 Å². The molecule has 2 aromatic carbocycles. The van der Waals surface area contributed by atoms with Crippen LogP contribution in [-0.2, 0) is 13.1 Å². The van der Waals surface area contributed by atoms with Crippen LogP contribution in [0.3, 0.4) is 0 Å². The van der Waals surface area contributed by atoms with Gasteiger partial charge in [0.25, 0.3) is 11.8 Å². The molecule has 12 nitrogen and oxygen atoms in total. The molecule has 0 aliphatic rings. The maximum Gasteiger partial charge on any atom is 0.274 e. The van der Waals surface area contributed by atoms with Gasteiger partial charge in [-0.2, -0.15) is 0 Å². The first-order chi connectivity index (χ1) is 23.3. The Hall–Kier alpha value is -4.27. The van der Waals surface area contributed by atoms with E-state index in [-0.39, 0.29) is 43.7 Å². The number of benzene rings is 2. The topological polar surface area (TPSA) is 171 Å². The normalized spacial score (nSPS) is 11.2. The maximum absolute atomic E-state index is 13.1. The number of anilines is 2.